The van der Waals surface area contributed by atoms with Crippen LogP contribution in [0.4, 0.5) is 4.39 Å². The standard InChI is InChI=1S/C22H29ClFN3O2/c1-2-28-22-14-17(15-26-10-13-27-11-8-25-9-12-27)6-7-21(22)29-16-18-19(23)4-3-5-20(18)24/h3-7,14,25-26H,2,8-13,15-16H2,1H3. The van der Waals surface area contributed by atoms with E-state index < -0.39 is 0 Å². The molecule has 0 amide bonds. The first-order chi connectivity index (χ1) is 14.2. The highest BCUT2D eigenvalue weighted by molar-refractivity contribution is 6.31. The van der Waals surface area contributed by atoms with Crippen molar-refractivity contribution in [3.05, 3.63) is 58.4 Å². The molecule has 0 aliphatic carbocycles. The smallest absolute Gasteiger partial charge is 0.161 e. The number of ether oxygens (including phenoxy) is 2. The summed E-state index contributed by atoms with van der Waals surface area (Å²) in [6.45, 7) is 9.58. The van der Waals surface area contributed by atoms with Gasteiger partial charge in [0.15, 0.2) is 11.5 Å². The molecule has 0 bridgehead atoms. The zero-order chi connectivity index (χ0) is 20.5. The van der Waals surface area contributed by atoms with Crippen molar-refractivity contribution in [1.29, 1.82) is 0 Å². The molecule has 2 N–H and O–H groups in total. The Kier molecular flexibility index (Phi) is 8.55. The van der Waals surface area contributed by atoms with E-state index in [2.05, 4.69) is 15.5 Å². The van der Waals surface area contributed by atoms with E-state index in [0.29, 0.717) is 28.7 Å². The summed E-state index contributed by atoms with van der Waals surface area (Å²) in [5.74, 6) is 0.859. The van der Waals surface area contributed by atoms with Gasteiger partial charge in [0.2, 0.25) is 0 Å². The molecule has 2 aromatic carbocycles. The molecule has 0 saturated carbocycles. The second kappa shape index (κ2) is 11.4. The lowest BCUT2D eigenvalue weighted by Gasteiger charge is -2.27. The Balaban J connectivity index is 1.55. The first-order valence-corrected chi connectivity index (χ1v) is 10.5. The van der Waals surface area contributed by atoms with Gasteiger partial charge in [0, 0.05) is 51.4 Å². The summed E-state index contributed by atoms with van der Waals surface area (Å²) in [6, 6.07) is 10.5. The molecule has 0 unspecified atom stereocenters. The monoisotopic (exact) mass is 421 g/mol. The lowest BCUT2D eigenvalue weighted by atomic mass is 10.2. The Bertz CT molecular complexity index is 764. The van der Waals surface area contributed by atoms with Gasteiger partial charge in [-0.3, -0.25) is 4.90 Å². The molecule has 5 nitrogen and oxygen atoms in total. The van der Waals surface area contributed by atoms with E-state index in [4.69, 9.17) is 21.1 Å². The molecule has 3 rings (SSSR count). The molecule has 1 heterocycles. The molecule has 2 aromatic rings. The van der Waals surface area contributed by atoms with Gasteiger partial charge < -0.3 is 20.1 Å². The van der Waals surface area contributed by atoms with E-state index in [1.54, 1.807) is 12.1 Å². The van der Waals surface area contributed by atoms with Crippen LogP contribution in [-0.4, -0.2) is 50.8 Å². The fraction of sp³-hybridized carbons (Fsp3) is 0.455. The Morgan fingerprint density at radius 3 is 2.72 bits per heavy atom. The van der Waals surface area contributed by atoms with E-state index in [9.17, 15) is 4.39 Å². The molecule has 158 valence electrons. The largest absolute Gasteiger partial charge is 0.490 e. The molecule has 1 aliphatic rings. The van der Waals surface area contributed by atoms with E-state index in [-0.39, 0.29) is 12.4 Å². The van der Waals surface area contributed by atoms with Crippen LogP contribution in [0, 0.1) is 5.82 Å². The van der Waals surface area contributed by atoms with E-state index >= 15 is 0 Å². The van der Waals surface area contributed by atoms with Crippen LogP contribution in [0.3, 0.4) is 0 Å². The fourth-order valence-electron chi connectivity index (χ4n) is 3.27. The molecule has 0 atom stereocenters. The number of halogens is 2. The summed E-state index contributed by atoms with van der Waals surface area (Å²) < 4.78 is 25.5. The molecule has 1 fully saturated rings. The molecule has 1 aliphatic heterocycles. The molecular weight excluding hydrogens is 393 g/mol. The van der Waals surface area contributed by atoms with Crippen molar-refractivity contribution in [2.75, 3.05) is 45.9 Å². The van der Waals surface area contributed by atoms with Gasteiger partial charge in [0.05, 0.1) is 11.6 Å². The summed E-state index contributed by atoms with van der Waals surface area (Å²) >= 11 is 6.08. The van der Waals surface area contributed by atoms with Gasteiger partial charge in [0.1, 0.15) is 12.4 Å². The number of nitrogens with zero attached hydrogens (tertiary/aromatic N) is 1. The number of hydrogen-bond donors (Lipinski definition) is 2. The van der Waals surface area contributed by atoms with Crippen molar-refractivity contribution in [2.24, 2.45) is 0 Å². The second-order valence-corrected chi connectivity index (χ2v) is 7.38. The highest BCUT2D eigenvalue weighted by Crippen LogP contribution is 2.30. The van der Waals surface area contributed by atoms with E-state index in [0.717, 1.165) is 51.4 Å². The molecule has 0 spiro atoms. The van der Waals surface area contributed by atoms with Crippen LogP contribution < -0.4 is 20.1 Å². The van der Waals surface area contributed by atoms with Crippen LogP contribution >= 0.6 is 11.6 Å². The van der Waals surface area contributed by atoms with Crippen LogP contribution in [0.1, 0.15) is 18.1 Å². The highest BCUT2D eigenvalue weighted by Gasteiger charge is 2.12. The summed E-state index contributed by atoms with van der Waals surface area (Å²) in [7, 11) is 0. The Hall–Kier alpha value is -1.86. The maximum atomic E-state index is 14.0. The van der Waals surface area contributed by atoms with Crippen molar-refractivity contribution in [2.45, 2.75) is 20.1 Å². The maximum absolute atomic E-state index is 14.0. The number of nitrogens with one attached hydrogen (secondary N) is 2. The molecular formula is C22H29ClFN3O2. The van der Waals surface area contributed by atoms with Gasteiger partial charge in [-0.1, -0.05) is 23.7 Å². The molecule has 0 radical (unpaired) electrons. The Morgan fingerprint density at radius 2 is 1.97 bits per heavy atom. The van der Waals surface area contributed by atoms with E-state index in [1.807, 2.05) is 25.1 Å². The third-order valence-electron chi connectivity index (χ3n) is 4.89. The minimum Gasteiger partial charge on any atom is -0.490 e. The first-order valence-electron chi connectivity index (χ1n) is 10.1. The van der Waals surface area contributed by atoms with Gasteiger partial charge in [0.25, 0.3) is 0 Å². The van der Waals surface area contributed by atoms with Gasteiger partial charge in [-0.2, -0.15) is 0 Å². The minimum atomic E-state index is -0.374. The van der Waals surface area contributed by atoms with Crippen molar-refractivity contribution < 1.29 is 13.9 Å². The number of hydrogen-bond acceptors (Lipinski definition) is 5. The summed E-state index contributed by atoms with van der Waals surface area (Å²) in [5, 5.41) is 7.21. The van der Waals surface area contributed by atoms with Gasteiger partial charge >= 0.3 is 0 Å². The normalized spacial score (nSPS) is 14.7. The number of rotatable bonds is 10. The second-order valence-electron chi connectivity index (χ2n) is 6.97. The third kappa shape index (κ3) is 6.57. The van der Waals surface area contributed by atoms with Crippen LogP contribution in [0.25, 0.3) is 0 Å². The molecule has 1 saturated heterocycles. The van der Waals surface area contributed by atoms with Crippen molar-refractivity contribution in [3.63, 3.8) is 0 Å². The highest BCUT2D eigenvalue weighted by atomic mass is 35.5. The Labute approximate surface area is 177 Å². The topological polar surface area (TPSA) is 45.8 Å². The molecule has 29 heavy (non-hydrogen) atoms. The van der Waals surface area contributed by atoms with Crippen LogP contribution in [0.5, 0.6) is 11.5 Å². The number of piperazine rings is 1. The average Bonchev–Trinajstić information content (AvgIpc) is 2.73. The SMILES string of the molecule is CCOc1cc(CNCCN2CCNCC2)ccc1OCc1c(F)cccc1Cl. The Morgan fingerprint density at radius 1 is 1.14 bits per heavy atom. The lowest BCUT2D eigenvalue weighted by Crippen LogP contribution is -2.45. The predicted molar refractivity (Wildman–Crippen MR) is 114 cm³/mol. The van der Waals surface area contributed by atoms with Crippen LogP contribution in [0.15, 0.2) is 36.4 Å². The van der Waals surface area contributed by atoms with Crippen LogP contribution in [-0.2, 0) is 13.2 Å². The van der Waals surface area contributed by atoms with Gasteiger partial charge in [-0.05, 0) is 36.8 Å². The first kappa shape index (κ1) is 21.8. The maximum Gasteiger partial charge on any atom is 0.161 e. The zero-order valence-corrected chi connectivity index (χ0v) is 17.6. The van der Waals surface area contributed by atoms with Crippen molar-refractivity contribution in [3.8, 4) is 11.5 Å². The average molecular weight is 422 g/mol. The van der Waals surface area contributed by atoms with Crippen molar-refractivity contribution >= 4 is 11.6 Å². The quantitative estimate of drug-likeness (QED) is 0.575. The lowest BCUT2D eigenvalue weighted by molar-refractivity contribution is 0.241. The molecule has 7 heteroatoms. The zero-order valence-electron chi connectivity index (χ0n) is 16.8. The fourth-order valence-corrected chi connectivity index (χ4v) is 3.49. The summed E-state index contributed by atoms with van der Waals surface area (Å²) in [5.41, 5.74) is 1.46. The minimum absolute atomic E-state index is 0.0495. The van der Waals surface area contributed by atoms with Crippen molar-refractivity contribution in [1.82, 2.24) is 15.5 Å². The van der Waals surface area contributed by atoms with E-state index in [1.165, 1.54) is 6.07 Å². The van der Waals surface area contributed by atoms with Gasteiger partial charge in [-0.15, -0.1) is 0 Å². The summed E-state index contributed by atoms with van der Waals surface area (Å²) in [4.78, 5) is 2.46. The number of benzene rings is 2. The molecule has 0 aromatic heterocycles. The predicted octanol–water partition coefficient (Wildman–Crippen LogP) is 3.45. The van der Waals surface area contributed by atoms with Crippen LogP contribution in [0.2, 0.25) is 5.02 Å². The van der Waals surface area contributed by atoms with Gasteiger partial charge in [-0.25, -0.2) is 4.39 Å². The third-order valence-corrected chi connectivity index (χ3v) is 5.24. The summed E-state index contributed by atoms with van der Waals surface area (Å²) in [6.07, 6.45) is 0.